The third-order valence-corrected chi connectivity index (χ3v) is 4.23. The molecule has 0 saturated heterocycles. The Morgan fingerprint density at radius 1 is 1.12 bits per heavy atom. The monoisotopic (exact) mass is 367 g/mol. The minimum atomic E-state index is -0.423. The SMILES string of the molecule is CCCOc1ccc(-c2nc(C3(N)CCC3)no2)cc1OCCC.Cl. The van der Waals surface area contributed by atoms with Gasteiger partial charge in [-0.2, -0.15) is 4.98 Å². The van der Waals surface area contributed by atoms with Crippen LogP contribution in [0, 0.1) is 0 Å². The minimum Gasteiger partial charge on any atom is -0.490 e. The molecule has 138 valence electrons. The lowest BCUT2D eigenvalue weighted by atomic mass is 9.77. The Balaban J connectivity index is 0.00000225. The summed E-state index contributed by atoms with van der Waals surface area (Å²) >= 11 is 0. The Hall–Kier alpha value is -1.79. The predicted molar refractivity (Wildman–Crippen MR) is 98.3 cm³/mol. The average molecular weight is 368 g/mol. The molecular weight excluding hydrogens is 342 g/mol. The van der Waals surface area contributed by atoms with Gasteiger partial charge in [0, 0.05) is 5.56 Å². The van der Waals surface area contributed by atoms with Crippen molar-refractivity contribution in [2.24, 2.45) is 5.73 Å². The summed E-state index contributed by atoms with van der Waals surface area (Å²) in [5.74, 6) is 2.49. The molecule has 0 amide bonds. The van der Waals surface area contributed by atoms with Gasteiger partial charge in [-0.1, -0.05) is 19.0 Å². The molecular formula is C18H26ClN3O3. The van der Waals surface area contributed by atoms with Crippen molar-refractivity contribution in [1.82, 2.24) is 10.1 Å². The molecule has 0 radical (unpaired) electrons. The van der Waals surface area contributed by atoms with E-state index in [0.29, 0.717) is 30.7 Å². The Kier molecular flexibility index (Phi) is 6.67. The molecule has 0 bridgehead atoms. The van der Waals surface area contributed by atoms with Crippen LogP contribution < -0.4 is 15.2 Å². The van der Waals surface area contributed by atoms with Crippen molar-refractivity contribution in [3.63, 3.8) is 0 Å². The van der Waals surface area contributed by atoms with Gasteiger partial charge in [0.25, 0.3) is 5.89 Å². The second-order valence-electron chi connectivity index (χ2n) is 6.29. The fourth-order valence-electron chi connectivity index (χ4n) is 2.62. The van der Waals surface area contributed by atoms with Gasteiger partial charge in [-0.05, 0) is 50.3 Å². The second kappa shape index (κ2) is 8.54. The van der Waals surface area contributed by atoms with E-state index in [2.05, 4.69) is 24.0 Å². The predicted octanol–water partition coefficient (Wildman–Crippen LogP) is 4.07. The standard InChI is InChI=1S/C18H25N3O3.ClH/c1-3-10-22-14-7-6-13(12-15(14)23-11-4-2)16-20-17(21-24-16)18(19)8-5-9-18;/h6-7,12H,3-5,8-11,19H2,1-2H3;1H. The van der Waals surface area contributed by atoms with E-state index in [1.165, 1.54) is 0 Å². The molecule has 2 N–H and O–H groups in total. The van der Waals surface area contributed by atoms with E-state index < -0.39 is 5.54 Å². The van der Waals surface area contributed by atoms with Crippen LogP contribution in [0.1, 0.15) is 51.8 Å². The molecule has 3 rings (SSSR count). The summed E-state index contributed by atoms with van der Waals surface area (Å²) in [6.45, 7) is 5.43. The number of ether oxygens (including phenoxy) is 2. The van der Waals surface area contributed by atoms with Crippen LogP contribution >= 0.6 is 12.4 Å². The zero-order valence-electron chi connectivity index (χ0n) is 14.8. The van der Waals surface area contributed by atoms with E-state index in [1.807, 2.05) is 18.2 Å². The van der Waals surface area contributed by atoms with Crippen molar-refractivity contribution in [2.45, 2.75) is 51.5 Å². The van der Waals surface area contributed by atoms with Crippen molar-refractivity contribution in [2.75, 3.05) is 13.2 Å². The molecule has 1 aliphatic rings. The lowest BCUT2D eigenvalue weighted by molar-refractivity contribution is 0.229. The Morgan fingerprint density at radius 2 is 1.80 bits per heavy atom. The largest absolute Gasteiger partial charge is 0.490 e. The Labute approximate surface area is 154 Å². The second-order valence-corrected chi connectivity index (χ2v) is 6.29. The van der Waals surface area contributed by atoms with Crippen molar-refractivity contribution in [1.29, 1.82) is 0 Å². The number of halogens is 1. The first-order valence-electron chi connectivity index (χ1n) is 8.69. The number of hydrogen-bond donors (Lipinski definition) is 1. The fraction of sp³-hybridized carbons (Fsp3) is 0.556. The molecule has 1 saturated carbocycles. The first-order valence-corrected chi connectivity index (χ1v) is 8.69. The number of nitrogens with zero attached hydrogens (tertiary/aromatic N) is 2. The summed E-state index contributed by atoms with van der Waals surface area (Å²) < 4.78 is 17.0. The molecule has 6 nitrogen and oxygen atoms in total. The summed E-state index contributed by atoms with van der Waals surface area (Å²) in [6.07, 6.45) is 4.79. The molecule has 0 spiro atoms. The molecule has 1 heterocycles. The first kappa shape index (κ1) is 19.5. The van der Waals surface area contributed by atoms with Crippen LogP contribution in [0.5, 0.6) is 11.5 Å². The molecule has 1 aliphatic carbocycles. The number of aromatic nitrogens is 2. The molecule has 0 aliphatic heterocycles. The minimum absolute atomic E-state index is 0. The Bertz CT molecular complexity index is 686. The fourth-order valence-corrected chi connectivity index (χ4v) is 2.62. The third-order valence-electron chi connectivity index (χ3n) is 4.23. The van der Waals surface area contributed by atoms with Crippen LogP contribution in [-0.2, 0) is 5.54 Å². The van der Waals surface area contributed by atoms with Crippen molar-refractivity contribution in [3.05, 3.63) is 24.0 Å². The molecule has 25 heavy (non-hydrogen) atoms. The topological polar surface area (TPSA) is 83.4 Å². The molecule has 1 aromatic carbocycles. The van der Waals surface area contributed by atoms with Crippen molar-refractivity contribution < 1.29 is 14.0 Å². The highest BCUT2D eigenvalue weighted by Gasteiger charge is 2.39. The van der Waals surface area contributed by atoms with Gasteiger partial charge in [0.2, 0.25) is 0 Å². The Morgan fingerprint density at radius 3 is 2.40 bits per heavy atom. The van der Waals surface area contributed by atoms with E-state index >= 15 is 0 Å². The van der Waals surface area contributed by atoms with Gasteiger partial charge in [0.15, 0.2) is 17.3 Å². The highest BCUT2D eigenvalue weighted by atomic mass is 35.5. The average Bonchev–Trinajstić information content (AvgIpc) is 3.06. The van der Waals surface area contributed by atoms with Gasteiger partial charge in [-0.3, -0.25) is 0 Å². The quantitative estimate of drug-likeness (QED) is 0.757. The van der Waals surface area contributed by atoms with Gasteiger partial charge in [0.05, 0.1) is 18.8 Å². The molecule has 2 aromatic rings. The van der Waals surface area contributed by atoms with Crippen LogP contribution in [-0.4, -0.2) is 23.4 Å². The summed E-state index contributed by atoms with van der Waals surface area (Å²) in [7, 11) is 0. The zero-order chi connectivity index (χ0) is 17.0. The van der Waals surface area contributed by atoms with Crippen LogP contribution in [0.2, 0.25) is 0 Å². The number of hydrogen-bond acceptors (Lipinski definition) is 6. The van der Waals surface area contributed by atoms with E-state index in [0.717, 1.165) is 43.4 Å². The van der Waals surface area contributed by atoms with Crippen molar-refractivity contribution in [3.8, 4) is 23.0 Å². The summed E-state index contributed by atoms with van der Waals surface area (Å²) in [4.78, 5) is 4.49. The van der Waals surface area contributed by atoms with Gasteiger partial charge in [-0.15, -0.1) is 12.4 Å². The van der Waals surface area contributed by atoms with E-state index in [4.69, 9.17) is 19.7 Å². The van der Waals surface area contributed by atoms with Crippen LogP contribution in [0.15, 0.2) is 22.7 Å². The molecule has 7 heteroatoms. The number of benzene rings is 1. The normalized spacial score (nSPS) is 15.2. The molecule has 1 fully saturated rings. The van der Waals surface area contributed by atoms with E-state index in [1.54, 1.807) is 0 Å². The third kappa shape index (κ3) is 4.25. The molecule has 0 atom stereocenters. The van der Waals surface area contributed by atoms with Crippen LogP contribution in [0.25, 0.3) is 11.5 Å². The van der Waals surface area contributed by atoms with Crippen molar-refractivity contribution >= 4 is 12.4 Å². The molecule has 1 aromatic heterocycles. The van der Waals surface area contributed by atoms with Gasteiger partial charge >= 0.3 is 0 Å². The first-order chi connectivity index (χ1) is 11.7. The maximum Gasteiger partial charge on any atom is 0.258 e. The highest BCUT2D eigenvalue weighted by Crippen LogP contribution is 2.38. The smallest absolute Gasteiger partial charge is 0.258 e. The summed E-state index contributed by atoms with van der Waals surface area (Å²) in [5.41, 5.74) is 6.65. The lowest BCUT2D eigenvalue weighted by Crippen LogP contribution is -2.44. The van der Waals surface area contributed by atoms with Gasteiger partial charge < -0.3 is 19.7 Å². The summed E-state index contributed by atoms with van der Waals surface area (Å²) in [6, 6.07) is 5.69. The summed E-state index contributed by atoms with van der Waals surface area (Å²) in [5, 5.41) is 4.07. The lowest BCUT2D eigenvalue weighted by Gasteiger charge is -2.34. The zero-order valence-corrected chi connectivity index (χ0v) is 15.6. The van der Waals surface area contributed by atoms with Crippen LogP contribution in [0.3, 0.4) is 0 Å². The highest BCUT2D eigenvalue weighted by molar-refractivity contribution is 5.85. The van der Waals surface area contributed by atoms with Gasteiger partial charge in [0.1, 0.15) is 0 Å². The maximum absolute atomic E-state index is 6.26. The molecule has 0 unspecified atom stereocenters. The van der Waals surface area contributed by atoms with E-state index in [9.17, 15) is 0 Å². The number of nitrogens with two attached hydrogens (primary N) is 1. The van der Waals surface area contributed by atoms with Crippen LogP contribution in [0.4, 0.5) is 0 Å². The number of rotatable bonds is 8. The van der Waals surface area contributed by atoms with Gasteiger partial charge in [-0.25, -0.2) is 0 Å². The maximum atomic E-state index is 6.26. The van der Waals surface area contributed by atoms with E-state index in [-0.39, 0.29) is 12.4 Å².